The standard InChI is InChI=1S/C28H32O3/c1-27-17-24(18-5-3-6-21(16-18)30-2)26-22-10-8-20(29)15-19(22)7-9-23(26)25(27)11-13-28(27)12-4-14-31-28/h3-6,12,15-16,23-25H,7-11,13-14,17H2,1-2H3/t23-,24+,25-,27-,28-/m0/s1. The smallest absolute Gasteiger partial charge is 0.156 e. The fraction of sp³-hybridized carbons (Fsp3) is 0.536. The van der Waals surface area contributed by atoms with Crippen LogP contribution in [0.15, 0.2) is 59.2 Å². The first kappa shape index (κ1) is 19.5. The molecule has 162 valence electrons. The zero-order valence-electron chi connectivity index (χ0n) is 18.7. The van der Waals surface area contributed by atoms with E-state index >= 15 is 0 Å². The number of ether oxygens (including phenoxy) is 2. The van der Waals surface area contributed by atoms with Gasteiger partial charge in [0.25, 0.3) is 0 Å². The number of carbonyl (C=O) groups is 1. The number of benzene rings is 1. The predicted molar refractivity (Wildman–Crippen MR) is 121 cm³/mol. The number of ketones is 1. The molecule has 0 amide bonds. The van der Waals surface area contributed by atoms with E-state index in [1.807, 2.05) is 12.1 Å². The highest BCUT2D eigenvalue weighted by Crippen LogP contribution is 2.68. The molecule has 5 atom stereocenters. The fourth-order valence-electron chi connectivity index (χ4n) is 7.83. The molecule has 1 aromatic rings. The maximum atomic E-state index is 12.2. The summed E-state index contributed by atoms with van der Waals surface area (Å²) in [7, 11) is 1.75. The van der Waals surface area contributed by atoms with Gasteiger partial charge in [-0.05, 0) is 85.3 Å². The molecule has 1 heterocycles. The molecule has 1 spiro atoms. The van der Waals surface area contributed by atoms with Gasteiger partial charge in [0, 0.05) is 17.8 Å². The summed E-state index contributed by atoms with van der Waals surface area (Å²) >= 11 is 0. The van der Waals surface area contributed by atoms with Crippen molar-refractivity contribution in [1.82, 2.24) is 0 Å². The SMILES string of the molecule is COc1cccc([C@H]2C[C@@]3(C)[C@@H](CC[C@@]34C=CCO4)[C@@H]3CCC4=CC(=O)CCC4=C32)c1. The minimum Gasteiger partial charge on any atom is -0.497 e. The Morgan fingerprint density at radius 1 is 1.16 bits per heavy atom. The molecule has 0 unspecified atom stereocenters. The van der Waals surface area contributed by atoms with Crippen LogP contribution in [0.1, 0.15) is 63.4 Å². The Balaban J connectivity index is 1.53. The Morgan fingerprint density at radius 3 is 2.87 bits per heavy atom. The lowest BCUT2D eigenvalue weighted by Crippen LogP contribution is -2.51. The molecule has 6 rings (SSSR count). The van der Waals surface area contributed by atoms with E-state index in [4.69, 9.17) is 9.47 Å². The van der Waals surface area contributed by atoms with Gasteiger partial charge in [-0.3, -0.25) is 4.79 Å². The summed E-state index contributed by atoms with van der Waals surface area (Å²) in [5, 5.41) is 0. The zero-order valence-corrected chi connectivity index (χ0v) is 18.7. The highest BCUT2D eigenvalue weighted by molar-refractivity contribution is 5.93. The molecule has 3 heteroatoms. The van der Waals surface area contributed by atoms with Crippen molar-refractivity contribution < 1.29 is 14.3 Å². The number of rotatable bonds is 2. The van der Waals surface area contributed by atoms with Crippen molar-refractivity contribution in [3.63, 3.8) is 0 Å². The maximum Gasteiger partial charge on any atom is 0.156 e. The monoisotopic (exact) mass is 416 g/mol. The van der Waals surface area contributed by atoms with Crippen molar-refractivity contribution in [2.24, 2.45) is 17.3 Å². The fourth-order valence-corrected chi connectivity index (χ4v) is 7.83. The van der Waals surface area contributed by atoms with Gasteiger partial charge in [-0.15, -0.1) is 0 Å². The van der Waals surface area contributed by atoms with Crippen LogP contribution in [0.4, 0.5) is 0 Å². The minimum absolute atomic E-state index is 0.108. The van der Waals surface area contributed by atoms with Crippen LogP contribution in [0.2, 0.25) is 0 Å². The Bertz CT molecular complexity index is 1030. The molecule has 0 radical (unpaired) electrons. The van der Waals surface area contributed by atoms with Gasteiger partial charge in [0.1, 0.15) is 5.75 Å². The molecule has 0 saturated heterocycles. The van der Waals surface area contributed by atoms with Crippen molar-refractivity contribution >= 4 is 5.78 Å². The normalized spacial score (nSPS) is 38.7. The number of hydrogen-bond donors (Lipinski definition) is 0. The predicted octanol–water partition coefficient (Wildman–Crippen LogP) is 5.92. The third kappa shape index (κ3) is 2.72. The van der Waals surface area contributed by atoms with E-state index in [1.165, 1.54) is 29.6 Å². The van der Waals surface area contributed by atoms with Gasteiger partial charge < -0.3 is 9.47 Å². The number of fused-ring (bicyclic) bond motifs is 5. The summed E-state index contributed by atoms with van der Waals surface area (Å²) in [6.45, 7) is 3.25. The van der Waals surface area contributed by atoms with Crippen molar-refractivity contribution in [2.45, 2.75) is 63.4 Å². The lowest BCUT2D eigenvalue weighted by Gasteiger charge is -2.54. The largest absolute Gasteiger partial charge is 0.497 e. The van der Waals surface area contributed by atoms with E-state index in [9.17, 15) is 4.79 Å². The summed E-state index contributed by atoms with van der Waals surface area (Å²) < 4.78 is 12.1. The highest BCUT2D eigenvalue weighted by atomic mass is 16.5. The summed E-state index contributed by atoms with van der Waals surface area (Å²) in [4.78, 5) is 12.2. The Kier molecular flexibility index (Phi) is 4.37. The van der Waals surface area contributed by atoms with Crippen LogP contribution in [-0.4, -0.2) is 25.1 Å². The van der Waals surface area contributed by atoms with Gasteiger partial charge in [-0.25, -0.2) is 0 Å². The number of carbonyl (C=O) groups excluding carboxylic acids is 1. The van der Waals surface area contributed by atoms with Crippen LogP contribution < -0.4 is 4.74 Å². The summed E-state index contributed by atoms with van der Waals surface area (Å²) in [5.74, 6) is 2.84. The van der Waals surface area contributed by atoms with Gasteiger partial charge in [-0.2, -0.15) is 0 Å². The van der Waals surface area contributed by atoms with Gasteiger partial charge >= 0.3 is 0 Å². The molecule has 0 aromatic heterocycles. The lowest BCUT2D eigenvalue weighted by molar-refractivity contribution is -0.114. The average Bonchev–Trinajstić information content (AvgIpc) is 3.38. The van der Waals surface area contributed by atoms with Crippen molar-refractivity contribution in [3.05, 3.63) is 64.8 Å². The second-order valence-electron chi connectivity index (χ2n) is 10.4. The van der Waals surface area contributed by atoms with E-state index < -0.39 is 0 Å². The summed E-state index contributed by atoms with van der Waals surface area (Å²) in [6.07, 6.45) is 13.9. The van der Waals surface area contributed by atoms with Gasteiger partial charge in [0.05, 0.1) is 19.3 Å². The first-order chi connectivity index (χ1) is 15.0. The molecule has 31 heavy (non-hydrogen) atoms. The molecular weight excluding hydrogens is 384 g/mol. The molecule has 5 aliphatic rings. The number of allylic oxidation sites excluding steroid dienone is 4. The molecule has 0 N–H and O–H groups in total. The lowest BCUT2D eigenvalue weighted by atomic mass is 9.51. The zero-order chi connectivity index (χ0) is 21.2. The van der Waals surface area contributed by atoms with Crippen LogP contribution in [0.3, 0.4) is 0 Å². The van der Waals surface area contributed by atoms with Gasteiger partial charge in [0.2, 0.25) is 0 Å². The first-order valence-corrected chi connectivity index (χ1v) is 12.0. The molecule has 4 aliphatic carbocycles. The maximum absolute atomic E-state index is 12.2. The van der Waals surface area contributed by atoms with Crippen LogP contribution >= 0.6 is 0 Å². The second-order valence-corrected chi connectivity index (χ2v) is 10.4. The third-order valence-electron chi connectivity index (χ3n) is 9.24. The topological polar surface area (TPSA) is 35.5 Å². The molecule has 3 nitrogen and oxygen atoms in total. The van der Waals surface area contributed by atoms with Gasteiger partial charge in [0.15, 0.2) is 5.78 Å². The molecule has 1 aliphatic heterocycles. The number of hydrogen-bond acceptors (Lipinski definition) is 3. The second kappa shape index (κ2) is 6.93. The molecule has 2 saturated carbocycles. The first-order valence-electron chi connectivity index (χ1n) is 12.0. The molecule has 1 aromatic carbocycles. The Labute approximate surface area is 185 Å². The van der Waals surface area contributed by atoms with Crippen molar-refractivity contribution in [3.8, 4) is 5.75 Å². The summed E-state index contributed by atoms with van der Waals surface area (Å²) in [5.41, 5.74) is 5.85. The highest BCUT2D eigenvalue weighted by Gasteiger charge is 2.63. The van der Waals surface area contributed by atoms with Crippen LogP contribution in [0, 0.1) is 17.3 Å². The average molecular weight is 417 g/mol. The van der Waals surface area contributed by atoms with E-state index in [1.54, 1.807) is 12.7 Å². The van der Waals surface area contributed by atoms with Crippen LogP contribution in [-0.2, 0) is 9.53 Å². The summed E-state index contributed by atoms with van der Waals surface area (Å²) in [6, 6.07) is 8.68. The molecule has 2 fully saturated rings. The number of methoxy groups -OCH3 is 1. The van der Waals surface area contributed by atoms with E-state index in [0.717, 1.165) is 38.0 Å². The Hall–Kier alpha value is -2.13. The minimum atomic E-state index is -0.108. The third-order valence-corrected chi connectivity index (χ3v) is 9.24. The van der Waals surface area contributed by atoms with Crippen molar-refractivity contribution in [2.75, 3.05) is 13.7 Å². The van der Waals surface area contributed by atoms with E-state index in [0.29, 0.717) is 30.0 Å². The van der Waals surface area contributed by atoms with E-state index in [-0.39, 0.29) is 11.0 Å². The Morgan fingerprint density at radius 2 is 2.06 bits per heavy atom. The van der Waals surface area contributed by atoms with Crippen molar-refractivity contribution in [1.29, 1.82) is 0 Å². The quantitative estimate of drug-likeness (QED) is 0.562. The van der Waals surface area contributed by atoms with Gasteiger partial charge in [-0.1, -0.05) is 36.8 Å². The van der Waals surface area contributed by atoms with E-state index in [2.05, 4.69) is 37.3 Å². The van der Waals surface area contributed by atoms with Crippen LogP contribution in [0.25, 0.3) is 0 Å². The molecular formula is C28H32O3. The van der Waals surface area contributed by atoms with Crippen LogP contribution in [0.5, 0.6) is 5.75 Å². The molecule has 0 bridgehead atoms.